The van der Waals surface area contributed by atoms with E-state index in [0.29, 0.717) is 18.8 Å². The number of benzene rings is 1. The van der Waals surface area contributed by atoms with Crippen LogP contribution in [0, 0.1) is 5.92 Å². The molecule has 0 aromatic heterocycles. The van der Waals surface area contributed by atoms with E-state index in [4.69, 9.17) is 14.2 Å². The van der Waals surface area contributed by atoms with Gasteiger partial charge in [-0.3, -0.25) is 0 Å². The van der Waals surface area contributed by atoms with Crippen LogP contribution in [0.3, 0.4) is 0 Å². The largest absolute Gasteiger partial charge is 0.454 e. The van der Waals surface area contributed by atoms with Crippen molar-refractivity contribution in [1.82, 2.24) is 5.32 Å². The average molecular weight is 251 g/mol. The van der Waals surface area contributed by atoms with Gasteiger partial charge in [0.2, 0.25) is 6.79 Å². The first kappa shape index (κ1) is 13.2. The Bertz CT molecular complexity index is 395. The van der Waals surface area contributed by atoms with Gasteiger partial charge >= 0.3 is 0 Å². The predicted octanol–water partition coefficient (Wildman–Crippen LogP) is 2.35. The maximum absolute atomic E-state index is 5.38. The Morgan fingerprint density at radius 1 is 1.28 bits per heavy atom. The van der Waals surface area contributed by atoms with Crippen LogP contribution < -0.4 is 14.8 Å². The molecule has 1 aromatic carbocycles. The van der Waals surface area contributed by atoms with Crippen LogP contribution in [0.25, 0.3) is 0 Å². The Morgan fingerprint density at radius 2 is 2.06 bits per heavy atom. The molecule has 0 saturated carbocycles. The van der Waals surface area contributed by atoms with Crippen molar-refractivity contribution in [3.05, 3.63) is 23.8 Å². The molecule has 1 aliphatic rings. The van der Waals surface area contributed by atoms with Crippen LogP contribution in [0.4, 0.5) is 0 Å². The molecule has 1 aromatic rings. The summed E-state index contributed by atoms with van der Waals surface area (Å²) in [6.45, 7) is 6.36. The predicted molar refractivity (Wildman–Crippen MR) is 70.0 cm³/mol. The highest BCUT2D eigenvalue weighted by Crippen LogP contribution is 2.34. The minimum atomic E-state index is 0.291. The van der Waals surface area contributed by atoms with Crippen molar-refractivity contribution >= 4 is 0 Å². The van der Waals surface area contributed by atoms with E-state index >= 15 is 0 Å². The van der Waals surface area contributed by atoms with Crippen LogP contribution in [0.2, 0.25) is 0 Å². The summed E-state index contributed by atoms with van der Waals surface area (Å²) in [5, 5.41) is 3.50. The molecular weight excluding hydrogens is 230 g/mol. The van der Waals surface area contributed by atoms with Crippen molar-refractivity contribution in [2.24, 2.45) is 5.92 Å². The third-order valence-corrected chi connectivity index (χ3v) is 3.12. The lowest BCUT2D eigenvalue weighted by Gasteiger charge is -2.18. The number of nitrogens with one attached hydrogen (secondary N) is 1. The topological polar surface area (TPSA) is 39.7 Å². The number of hydrogen-bond acceptors (Lipinski definition) is 4. The molecule has 2 atom stereocenters. The van der Waals surface area contributed by atoms with Crippen molar-refractivity contribution in [3.63, 3.8) is 0 Å². The van der Waals surface area contributed by atoms with Gasteiger partial charge in [0.05, 0.1) is 0 Å². The fourth-order valence-corrected chi connectivity index (χ4v) is 2.02. The monoisotopic (exact) mass is 251 g/mol. The Morgan fingerprint density at radius 3 is 2.83 bits per heavy atom. The molecular formula is C14H21NO3. The molecule has 0 bridgehead atoms. The molecule has 2 unspecified atom stereocenters. The SMILES string of the molecule is COCC(C)CNC(C)c1ccc2c(c1)OCO2. The summed E-state index contributed by atoms with van der Waals surface area (Å²) >= 11 is 0. The highest BCUT2D eigenvalue weighted by molar-refractivity contribution is 5.45. The van der Waals surface area contributed by atoms with E-state index in [2.05, 4.69) is 25.2 Å². The quantitative estimate of drug-likeness (QED) is 0.842. The van der Waals surface area contributed by atoms with E-state index in [1.54, 1.807) is 7.11 Å². The molecule has 1 N–H and O–H groups in total. The maximum Gasteiger partial charge on any atom is 0.231 e. The van der Waals surface area contributed by atoms with Gasteiger partial charge in [-0.2, -0.15) is 0 Å². The van der Waals surface area contributed by atoms with Gasteiger partial charge in [0, 0.05) is 26.3 Å². The van der Waals surface area contributed by atoms with Crippen LogP contribution in [0.15, 0.2) is 18.2 Å². The molecule has 0 radical (unpaired) electrons. The van der Waals surface area contributed by atoms with E-state index in [9.17, 15) is 0 Å². The van der Waals surface area contributed by atoms with Crippen molar-refractivity contribution < 1.29 is 14.2 Å². The Hall–Kier alpha value is -1.26. The van der Waals surface area contributed by atoms with Crippen molar-refractivity contribution in [3.8, 4) is 11.5 Å². The van der Waals surface area contributed by atoms with E-state index in [1.807, 2.05) is 12.1 Å². The lowest BCUT2D eigenvalue weighted by Crippen LogP contribution is -2.26. The number of rotatable bonds is 6. The van der Waals surface area contributed by atoms with Gasteiger partial charge in [-0.25, -0.2) is 0 Å². The molecule has 2 rings (SSSR count). The van der Waals surface area contributed by atoms with Crippen LogP contribution in [0.5, 0.6) is 11.5 Å². The molecule has 18 heavy (non-hydrogen) atoms. The lowest BCUT2D eigenvalue weighted by molar-refractivity contribution is 0.157. The van der Waals surface area contributed by atoms with Gasteiger partial charge < -0.3 is 19.5 Å². The molecule has 100 valence electrons. The van der Waals surface area contributed by atoms with Gasteiger partial charge in [0.1, 0.15) is 0 Å². The van der Waals surface area contributed by atoms with E-state index in [1.165, 1.54) is 5.56 Å². The van der Waals surface area contributed by atoms with Gasteiger partial charge in [0.25, 0.3) is 0 Å². The number of hydrogen-bond donors (Lipinski definition) is 1. The second-order valence-corrected chi connectivity index (χ2v) is 4.80. The van der Waals surface area contributed by atoms with Crippen LogP contribution in [0.1, 0.15) is 25.5 Å². The second kappa shape index (κ2) is 6.07. The minimum absolute atomic E-state index is 0.291. The Kier molecular flexibility index (Phi) is 4.44. The van der Waals surface area contributed by atoms with Crippen molar-refractivity contribution in [1.29, 1.82) is 0 Å². The third kappa shape index (κ3) is 3.15. The van der Waals surface area contributed by atoms with Crippen LogP contribution in [-0.2, 0) is 4.74 Å². The van der Waals surface area contributed by atoms with E-state index < -0.39 is 0 Å². The Labute approximate surface area is 108 Å². The van der Waals surface area contributed by atoms with Gasteiger partial charge in [-0.15, -0.1) is 0 Å². The smallest absolute Gasteiger partial charge is 0.231 e. The average Bonchev–Trinajstić information content (AvgIpc) is 2.83. The van der Waals surface area contributed by atoms with E-state index in [-0.39, 0.29) is 0 Å². The Balaban J connectivity index is 1.90. The first-order valence-electron chi connectivity index (χ1n) is 6.32. The van der Waals surface area contributed by atoms with Gasteiger partial charge in [-0.05, 0) is 30.5 Å². The third-order valence-electron chi connectivity index (χ3n) is 3.12. The van der Waals surface area contributed by atoms with Crippen LogP contribution >= 0.6 is 0 Å². The minimum Gasteiger partial charge on any atom is -0.454 e. The summed E-state index contributed by atoms with van der Waals surface area (Å²) in [4.78, 5) is 0. The molecule has 0 fully saturated rings. The fraction of sp³-hybridized carbons (Fsp3) is 0.571. The summed E-state index contributed by atoms with van der Waals surface area (Å²) in [7, 11) is 1.73. The summed E-state index contributed by atoms with van der Waals surface area (Å²) in [5.74, 6) is 2.18. The van der Waals surface area contributed by atoms with E-state index in [0.717, 1.165) is 24.7 Å². The highest BCUT2D eigenvalue weighted by Gasteiger charge is 2.15. The second-order valence-electron chi connectivity index (χ2n) is 4.80. The molecule has 0 aliphatic carbocycles. The zero-order valence-corrected chi connectivity index (χ0v) is 11.2. The summed E-state index contributed by atoms with van der Waals surface area (Å²) in [6.07, 6.45) is 0. The standard InChI is InChI=1S/C14H21NO3/c1-10(8-16-3)7-15-11(2)12-4-5-13-14(6-12)18-9-17-13/h4-6,10-11,15H,7-9H2,1-3H3. The first-order chi connectivity index (χ1) is 8.70. The molecule has 0 amide bonds. The summed E-state index contributed by atoms with van der Waals surface area (Å²) in [6, 6.07) is 6.38. The summed E-state index contributed by atoms with van der Waals surface area (Å²) in [5.41, 5.74) is 1.21. The first-order valence-corrected chi connectivity index (χ1v) is 6.32. The normalized spacial score (nSPS) is 16.6. The van der Waals surface area contributed by atoms with Gasteiger partial charge in [0.15, 0.2) is 11.5 Å². The molecule has 4 nitrogen and oxygen atoms in total. The molecule has 0 saturated heterocycles. The lowest BCUT2D eigenvalue weighted by atomic mass is 10.1. The van der Waals surface area contributed by atoms with Gasteiger partial charge in [-0.1, -0.05) is 13.0 Å². The molecule has 1 aliphatic heterocycles. The zero-order chi connectivity index (χ0) is 13.0. The number of ether oxygens (including phenoxy) is 3. The summed E-state index contributed by atoms with van der Waals surface area (Å²) < 4.78 is 15.8. The maximum atomic E-state index is 5.38. The molecule has 1 heterocycles. The number of fused-ring (bicyclic) bond motifs is 1. The van der Waals surface area contributed by atoms with Crippen LogP contribution in [-0.4, -0.2) is 27.1 Å². The molecule has 0 spiro atoms. The van der Waals surface area contributed by atoms with Crippen molar-refractivity contribution in [2.75, 3.05) is 27.1 Å². The molecule has 4 heteroatoms. The van der Waals surface area contributed by atoms with Crippen molar-refractivity contribution in [2.45, 2.75) is 19.9 Å². The number of methoxy groups -OCH3 is 1. The fourth-order valence-electron chi connectivity index (χ4n) is 2.02. The highest BCUT2D eigenvalue weighted by atomic mass is 16.7. The zero-order valence-electron chi connectivity index (χ0n) is 11.2.